The highest BCUT2D eigenvalue weighted by Gasteiger charge is 2.38. The van der Waals surface area contributed by atoms with Gasteiger partial charge in [-0.05, 0) is 34.4 Å². The lowest BCUT2D eigenvalue weighted by atomic mass is 9.99. The van der Waals surface area contributed by atoms with Crippen LogP contribution in [0.15, 0.2) is 36.4 Å². The summed E-state index contributed by atoms with van der Waals surface area (Å²) in [5.41, 5.74) is 2.80. The van der Waals surface area contributed by atoms with Crippen molar-refractivity contribution in [3.8, 4) is 11.1 Å². The number of nitrogens with zero attached hydrogens (tertiary/aromatic N) is 3. The maximum absolute atomic E-state index is 12.7. The van der Waals surface area contributed by atoms with E-state index in [1.54, 1.807) is 36.4 Å². The average Bonchev–Trinajstić information content (AvgIpc) is 3.12. The molecule has 0 unspecified atom stereocenters. The molecule has 4 rings (SSSR count). The largest absolute Gasteiger partial charge is 0.406 e. The van der Waals surface area contributed by atoms with Crippen molar-refractivity contribution in [3.05, 3.63) is 58.1 Å². The van der Waals surface area contributed by atoms with Gasteiger partial charge in [0.05, 0.1) is 10.6 Å². The minimum absolute atomic E-state index is 0.0277. The van der Waals surface area contributed by atoms with Gasteiger partial charge in [0.15, 0.2) is 0 Å². The molecule has 2 heterocycles. The van der Waals surface area contributed by atoms with Crippen LogP contribution in [0, 0.1) is 0 Å². The fourth-order valence-corrected chi connectivity index (χ4v) is 4.10. The first-order valence-electron chi connectivity index (χ1n) is 9.37. The smallest absolute Gasteiger partial charge is 0.325 e. The van der Waals surface area contributed by atoms with Gasteiger partial charge in [-0.15, -0.1) is 0 Å². The zero-order chi connectivity index (χ0) is 22.5. The third kappa shape index (κ3) is 4.10. The summed E-state index contributed by atoms with van der Waals surface area (Å²) in [7, 11) is 1.44. The summed E-state index contributed by atoms with van der Waals surface area (Å²) in [4.78, 5) is 39.2. The van der Waals surface area contributed by atoms with Gasteiger partial charge in [-0.2, -0.15) is 13.2 Å². The van der Waals surface area contributed by atoms with E-state index in [4.69, 9.17) is 11.6 Å². The van der Waals surface area contributed by atoms with E-state index in [9.17, 15) is 27.6 Å². The first-order chi connectivity index (χ1) is 14.5. The van der Waals surface area contributed by atoms with Crippen molar-refractivity contribution in [2.24, 2.45) is 0 Å². The average molecular weight is 452 g/mol. The topological polar surface area (TPSA) is 60.9 Å². The molecule has 10 heteroatoms. The monoisotopic (exact) mass is 451 g/mol. The van der Waals surface area contributed by atoms with E-state index in [1.165, 1.54) is 11.9 Å². The summed E-state index contributed by atoms with van der Waals surface area (Å²) in [6.45, 7) is -1.17. The maximum atomic E-state index is 12.7. The highest BCUT2D eigenvalue weighted by atomic mass is 35.5. The summed E-state index contributed by atoms with van der Waals surface area (Å²) in [5, 5.41) is 0.107. The number of likely N-dealkylation sites (N-methyl/N-ethyl adjacent to an activating group) is 1. The van der Waals surface area contributed by atoms with Gasteiger partial charge in [0.1, 0.15) is 13.1 Å². The summed E-state index contributed by atoms with van der Waals surface area (Å²) in [5.74, 6) is -0.988. The zero-order valence-electron chi connectivity index (χ0n) is 16.4. The Hall–Kier alpha value is -3.07. The molecule has 162 valence electrons. The Bertz CT molecular complexity index is 1090. The molecule has 4 amide bonds. The van der Waals surface area contributed by atoms with Crippen molar-refractivity contribution in [3.63, 3.8) is 0 Å². The van der Waals surface area contributed by atoms with Crippen LogP contribution in [-0.2, 0) is 17.9 Å². The number of amides is 4. The van der Waals surface area contributed by atoms with Crippen molar-refractivity contribution in [1.82, 2.24) is 14.7 Å². The van der Waals surface area contributed by atoms with Crippen LogP contribution in [0.3, 0.4) is 0 Å². The number of hydrogen-bond acceptors (Lipinski definition) is 3. The van der Waals surface area contributed by atoms with Gasteiger partial charge < -0.3 is 9.80 Å². The molecule has 2 aromatic carbocycles. The molecule has 1 fully saturated rings. The molecular weight excluding hydrogens is 435 g/mol. The number of hydrogen-bond donors (Lipinski definition) is 0. The highest BCUT2D eigenvalue weighted by molar-refractivity contribution is 6.34. The number of halogens is 4. The number of urea groups is 1. The lowest BCUT2D eigenvalue weighted by Crippen LogP contribution is -2.34. The number of benzene rings is 2. The van der Waals surface area contributed by atoms with Crippen molar-refractivity contribution in [2.45, 2.75) is 19.3 Å². The number of imide groups is 1. The van der Waals surface area contributed by atoms with Crippen molar-refractivity contribution < 1.29 is 27.6 Å². The van der Waals surface area contributed by atoms with Crippen LogP contribution >= 0.6 is 11.6 Å². The first kappa shape index (κ1) is 21.2. The Balaban J connectivity index is 1.53. The minimum atomic E-state index is -4.49. The molecule has 2 aromatic rings. The van der Waals surface area contributed by atoms with E-state index >= 15 is 0 Å². The number of fused-ring (bicyclic) bond motifs is 1. The molecule has 0 atom stereocenters. The van der Waals surface area contributed by atoms with Gasteiger partial charge in [0, 0.05) is 20.1 Å². The molecule has 6 nitrogen and oxygen atoms in total. The SMILES string of the molecule is CN1C(=O)CN(Cc2ccc(-c3cc(Cl)c4c(c3)CN(CC(F)(F)F)C4=O)cc2)C1=O. The van der Waals surface area contributed by atoms with Gasteiger partial charge in [-0.3, -0.25) is 14.5 Å². The molecule has 2 aliphatic rings. The second kappa shape index (κ2) is 7.56. The van der Waals surface area contributed by atoms with Crippen molar-refractivity contribution in [2.75, 3.05) is 20.1 Å². The summed E-state index contributed by atoms with van der Waals surface area (Å²) >= 11 is 6.23. The zero-order valence-corrected chi connectivity index (χ0v) is 17.1. The van der Waals surface area contributed by atoms with E-state index in [2.05, 4.69) is 0 Å². The molecule has 0 aromatic heterocycles. The molecule has 1 saturated heterocycles. The Morgan fingerprint density at radius 1 is 0.968 bits per heavy atom. The van der Waals surface area contributed by atoms with Crippen LogP contribution in [0.25, 0.3) is 11.1 Å². The quantitative estimate of drug-likeness (QED) is 0.662. The summed E-state index contributed by atoms with van der Waals surface area (Å²) < 4.78 is 38.2. The maximum Gasteiger partial charge on any atom is 0.406 e. The number of carbonyl (C=O) groups excluding carboxylic acids is 3. The number of alkyl halides is 3. The molecule has 0 aliphatic carbocycles. The molecule has 0 bridgehead atoms. The lowest BCUT2D eigenvalue weighted by molar-refractivity contribution is -0.141. The van der Waals surface area contributed by atoms with Crippen LogP contribution in [0.2, 0.25) is 5.02 Å². The van der Waals surface area contributed by atoms with E-state index in [0.717, 1.165) is 20.9 Å². The third-order valence-corrected chi connectivity index (χ3v) is 5.62. The van der Waals surface area contributed by atoms with Crippen LogP contribution < -0.4 is 0 Å². The van der Waals surface area contributed by atoms with E-state index in [0.29, 0.717) is 11.1 Å². The predicted molar refractivity (Wildman–Crippen MR) is 106 cm³/mol. The standard InChI is InChI=1S/C21H17ClF3N3O3/c1-26-17(29)10-27(20(26)31)8-12-2-4-13(5-3-12)14-6-15-9-28(11-21(23,24)25)19(30)18(15)16(22)7-14/h2-7H,8-11H2,1H3. The molecule has 0 N–H and O–H groups in total. The van der Waals surface area contributed by atoms with Crippen LogP contribution in [0.5, 0.6) is 0 Å². The Morgan fingerprint density at radius 2 is 1.65 bits per heavy atom. The van der Waals surface area contributed by atoms with E-state index < -0.39 is 18.6 Å². The molecular formula is C21H17ClF3N3O3. The second-order valence-electron chi connectivity index (χ2n) is 7.56. The van der Waals surface area contributed by atoms with Gasteiger partial charge in [-0.1, -0.05) is 35.9 Å². The van der Waals surface area contributed by atoms with Crippen LogP contribution in [0.4, 0.5) is 18.0 Å². The predicted octanol–water partition coefficient (Wildman–Crippen LogP) is 3.92. The first-order valence-corrected chi connectivity index (χ1v) is 9.74. The molecule has 31 heavy (non-hydrogen) atoms. The normalized spacial score (nSPS) is 16.5. The Kier molecular flexibility index (Phi) is 5.17. The summed E-state index contributed by atoms with van der Waals surface area (Å²) in [6, 6.07) is 10.1. The van der Waals surface area contributed by atoms with E-state index in [1.807, 2.05) is 0 Å². The third-order valence-electron chi connectivity index (χ3n) is 5.32. The fraction of sp³-hybridized carbons (Fsp3) is 0.286. The lowest BCUT2D eigenvalue weighted by Gasteiger charge is -2.17. The van der Waals surface area contributed by atoms with Crippen molar-refractivity contribution in [1.29, 1.82) is 0 Å². The Morgan fingerprint density at radius 3 is 2.23 bits per heavy atom. The van der Waals surface area contributed by atoms with Gasteiger partial charge in [-0.25, -0.2) is 4.79 Å². The molecule has 0 spiro atoms. The minimum Gasteiger partial charge on any atom is -0.325 e. The van der Waals surface area contributed by atoms with Crippen LogP contribution in [-0.4, -0.2) is 58.9 Å². The second-order valence-corrected chi connectivity index (χ2v) is 7.96. The highest BCUT2D eigenvalue weighted by Crippen LogP contribution is 2.35. The number of carbonyl (C=O) groups is 3. The van der Waals surface area contributed by atoms with Crippen LogP contribution in [0.1, 0.15) is 21.5 Å². The van der Waals surface area contributed by atoms with Gasteiger partial charge in [0.25, 0.3) is 5.91 Å². The molecule has 2 aliphatic heterocycles. The molecule has 0 radical (unpaired) electrons. The Labute approximate surface area is 180 Å². The fourth-order valence-electron chi connectivity index (χ4n) is 3.78. The van der Waals surface area contributed by atoms with Gasteiger partial charge >= 0.3 is 12.2 Å². The molecule has 0 saturated carbocycles. The number of rotatable bonds is 4. The summed E-state index contributed by atoms with van der Waals surface area (Å²) in [6.07, 6.45) is -4.49. The van der Waals surface area contributed by atoms with E-state index in [-0.39, 0.29) is 42.2 Å². The van der Waals surface area contributed by atoms with Crippen molar-refractivity contribution >= 4 is 29.4 Å². The van der Waals surface area contributed by atoms with Gasteiger partial charge in [0.2, 0.25) is 5.91 Å².